The summed E-state index contributed by atoms with van der Waals surface area (Å²) >= 11 is 0. The van der Waals surface area contributed by atoms with Gasteiger partial charge in [-0.15, -0.1) is 0 Å². The largest absolute Gasteiger partial charge is 0.370 e. The van der Waals surface area contributed by atoms with E-state index in [0.717, 1.165) is 51.1 Å². The van der Waals surface area contributed by atoms with E-state index in [9.17, 15) is 4.79 Å². The molecule has 2 aliphatic heterocycles. The van der Waals surface area contributed by atoms with E-state index in [-0.39, 0.29) is 17.6 Å². The predicted molar refractivity (Wildman–Crippen MR) is 103 cm³/mol. The van der Waals surface area contributed by atoms with Crippen molar-refractivity contribution in [3.8, 4) is 0 Å². The lowest BCUT2D eigenvalue weighted by Crippen LogP contribution is -2.44. The zero-order chi connectivity index (χ0) is 18.7. The summed E-state index contributed by atoms with van der Waals surface area (Å²) in [7, 11) is 0. The zero-order valence-corrected chi connectivity index (χ0v) is 15.9. The number of ether oxygens (including phenoxy) is 1. The lowest BCUT2D eigenvalue weighted by Gasteiger charge is -2.39. The van der Waals surface area contributed by atoms with Crippen LogP contribution in [-0.4, -0.2) is 52.1 Å². The highest BCUT2D eigenvalue weighted by molar-refractivity contribution is 5.94. The number of aryl methyl sites for hydroxylation is 1. The number of amides is 1. The van der Waals surface area contributed by atoms with E-state index in [1.54, 1.807) is 0 Å². The number of aromatic nitrogens is 2. The number of benzene rings is 1. The molecule has 144 valence electrons. The van der Waals surface area contributed by atoms with Crippen molar-refractivity contribution in [1.82, 2.24) is 20.2 Å². The Kier molecular flexibility index (Phi) is 5.27. The Morgan fingerprint density at radius 2 is 2.07 bits per heavy atom. The highest BCUT2D eigenvalue weighted by Gasteiger charge is 2.42. The van der Waals surface area contributed by atoms with Gasteiger partial charge in [0, 0.05) is 43.6 Å². The Labute approximate surface area is 160 Å². The Bertz CT molecular complexity index is 765. The maximum absolute atomic E-state index is 12.2. The summed E-state index contributed by atoms with van der Waals surface area (Å²) < 4.78 is 6.42. The van der Waals surface area contributed by atoms with E-state index < -0.39 is 0 Å². The topological polar surface area (TPSA) is 70.2 Å². The minimum absolute atomic E-state index is 0.00252. The van der Waals surface area contributed by atoms with Crippen LogP contribution in [0.1, 0.15) is 47.6 Å². The molecule has 1 unspecified atom stereocenters. The maximum Gasteiger partial charge on any atom is 0.251 e. The fourth-order valence-corrected chi connectivity index (χ4v) is 4.22. The van der Waals surface area contributed by atoms with Crippen LogP contribution in [0, 0.1) is 6.92 Å². The number of imidazole rings is 1. The van der Waals surface area contributed by atoms with E-state index in [0.29, 0.717) is 12.1 Å². The molecule has 0 saturated carbocycles. The number of carbonyl (C=O) groups excluding carboxylic acids is 1. The van der Waals surface area contributed by atoms with Gasteiger partial charge in [0.25, 0.3) is 5.91 Å². The van der Waals surface area contributed by atoms with Crippen LogP contribution in [0.4, 0.5) is 0 Å². The number of hydrogen-bond acceptors (Lipinski definition) is 4. The molecule has 1 aromatic heterocycles. The number of aromatic amines is 1. The van der Waals surface area contributed by atoms with Gasteiger partial charge in [-0.2, -0.15) is 0 Å². The van der Waals surface area contributed by atoms with E-state index in [1.807, 2.05) is 43.5 Å². The maximum atomic E-state index is 12.2. The molecule has 2 saturated heterocycles. The summed E-state index contributed by atoms with van der Waals surface area (Å²) in [4.78, 5) is 22.3. The number of nitrogens with one attached hydrogen (secondary N) is 2. The van der Waals surface area contributed by atoms with Gasteiger partial charge in [0.1, 0.15) is 5.82 Å². The molecule has 0 bridgehead atoms. The minimum atomic E-state index is -0.0233. The first-order chi connectivity index (χ1) is 13.1. The van der Waals surface area contributed by atoms with Crippen LogP contribution in [0.5, 0.6) is 0 Å². The third-order valence-electron chi connectivity index (χ3n) is 5.78. The fourth-order valence-electron chi connectivity index (χ4n) is 4.22. The van der Waals surface area contributed by atoms with Crippen LogP contribution in [0.3, 0.4) is 0 Å². The van der Waals surface area contributed by atoms with Crippen molar-refractivity contribution in [2.45, 2.75) is 50.9 Å². The van der Waals surface area contributed by atoms with Gasteiger partial charge in [-0.25, -0.2) is 4.98 Å². The number of carbonyl (C=O) groups is 1. The van der Waals surface area contributed by atoms with Gasteiger partial charge in [0.2, 0.25) is 0 Å². The number of nitrogens with zero attached hydrogens (tertiary/aromatic N) is 2. The molecule has 0 radical (unpaired) electrons. The normalized spacial score (nSPS) is 22.2. The summed E-state index contributed by atoms with van der Waals surface area (Å²) in [5, 5.41) is 3.02. The third kappa shape index (κ3) is 4.39. The Morgan fingerprint density at radius 3 is 2.78 bits per heavy atom. The molecule has 1 amide bonds. The van der Waals surface area contributed by atoms with Crippen molar-refractivity contribution in [2.24, 2.45) is 0 Å². The zero-order valence-electron chi connectivity index (χ0n) is 15.9. The van der Waals surface area contributed by atoms with E-state index in [4.69, 9.17) is 4.74 Å². The van der Waals surface area contributed by atoms with Crippen molar-refractivity contribution in [2.75, 3.05) is 19.6 Å². The summed E-state index contributed by atoms with van der Waals surface area (Å²) in [5.41, 5.74) is 1.88. The Balaban J connectivity index is 1.23. The highest BCUT2D eigenvalue weighted by Crippen LogP contribution is 2.38. The number of piperidine rings is 1. The number of likely N-dealkylation sites (tertiary alicyclic amines) is 1. The predicted octanol–water partition coefficient (Wildman–Crippen LogP) is 2.66. The van der Waals surface area contributed by atoms with Crippen molar-refractivity contribution in [1.29, 1.82) is 0 Å². The quantitative estimate of drug-likeness (QED) is 0.851. The van der Waals surface area contributed by atoms with Crippen LogP contribution in [-0.2, 0) is 11.3 Å². The second kappa shape index (κ2) is 7.82. The van der Waals surface area contributed by atoms with Crippen molar-refractivity contribution < 1.29 is 9.53 Å². The minimum Gasteiger partial charge on any atom is -0.370 e. The Morgan fingerprint density at radius 1 is 1.30 bits per heavy atom. The average molecular weight is 368 g/mol. The summed E-state index contributed by atoms with van der Waals surface area (Å²) in [5.74, 6) is 0.947. The molecule has 27 heavy (non-hydrogen) atoms. The molecule has 3 heterocycles. The summed E-state index contributed by atoms with van der Waals surface area (Å²) in [6, 6.07) is 9.36. The second-order valence-electron chi connectivity index (χ2n) is 7.81. The number of hydrogen-bond donors (Lipinski definition) is 2. The summed E-state index contributed by atoms with van der Waals surface area (Å²) in [6.07, 6.45) is 6.29. The van der Waals surface area contributed by atoms with Crippen LogP contribution < -0.4 is 5.32 Å². The molecule has 6 heteroatoms. The Hall–Kier alpha value is -2.18. The molecular weight excluding hydrogens is 340 g/mol. The number of H-pyrrole nitrogens is 1. The number of rotatable bonds is 5. The monoisotopic (exact) mass is 368 g/mol. The smallest absolute Gasteiger partial charge is 0.251 e. The molecule has 1 spiro atoms. The van der Waals surface area contributed by atoms with E-state index in [2.05, 4.69) is 20.2 Å². The van der Waals surface area contributed by atoms with E-state index >= 15 is 0 Å². The second-order valence-corrected chi connectivity index (χ2v) is 7.81. The molecule has 2 fully saturated rings. The molecule has 2 aromatic rings. The van der Waals surface area contributed by atoms with Crippen molar-refractivity contribution in [3.05, 3.63) is 53.6 Å². The molecule has 4 rings (SSSR count). The highest BCUT2D eigenvalue weighted by atomic mass is 16.5. The first kappa shape index (κ1) is 18.2. The van der Waals surface area contributed by atoms with Gasteiger partial charge in [-0.3, -0.25) is 9.69 Å². The molecular formula is C21H28N4O2. The van der Waals surface area contributed by atoms with Crippen LogP contribution in [0.2, 0.25) is 0 Å². The van der Waals surface area contributed by atoms with Crippen molar-refractivity contribution in [3.63, 3.8) is 0 Å². The van der Waals surface area contributed by atoms with Crippen LogP contribution in [0.25, 0.3) is 0 Å². The van der Waals surface area contributed by atoms with Crippen LogP contribution in [0.15, 0.2) is 36.5 Å². The molecule has 6 nitrogen and oxygen atoms in total. The summed E-state index contributed by atoms with van der Waals surface area (Å²) in [6.45, 7) is 5.58. The molecule has 1 atom stereocenters. The van der Waals surface area contributed by atoms with Gasteiger partial charge in [0.05, 0.1) is 11.7 Å². The average Bonchev–Trinajstić information content (AvgIpc) is 3.29. The van der Waals surface area contributed by atoms with Gasteiger partial charge >= 0.3 is 0 Å². The van der Waals surface area contributed by atoms with Gasteiger partial charge in [0.15, 0.2) is 0 Å². The third-order valence-corrected chi connectivity index (χ3v) is 5.78. The van der Waals surface area contributed by atoms with Crippen molar-refractivity contribution >= 4 is 5.91 Å². The standard InChI is InChI=1S/C21H28N4O2/c1-16-22-13-18(24-16)15-25-11-9-21(10-12-25)8-7-19(27-21)14-23-20(26)17-5-3-2-4-6-17/h2-6,13,19H,7-12,14-15H2,1H3,(H,22,24)(H,23,26). The first-order valence-corrected chi connectivity index (χ1v) is 9.86. The molecule has 0 aliphatic carbocycles. The van der Waals surface area contributed by atoms with Crippen LogP contribution >= 0.6 is 0 Å². The first-order valence-electron chi connectivity index (χ1n) is 9.86. The van der Waals surface area contributed by atoms with Gasteiger partial charge in [-0.1, -0.05) is 18.2 Å². The van der Waals surface area contributed by atoms with E-state index in [1.165, 1.54) is 5.69 Å². The molecule has 2 aliphatic rings. The van der Waals surface area contributed by atoms with Gasteiger partial charge in [-0.05, 0) is 44.7 Å². The fraction of sp³-hybridized carbons (Fsp3) is 0.524. The lowest BCUT2D eigenvalue weighted by atomic mass is 9.88. The molecule has 2 N–H and O–H groups in total. The van der Waals surface area contributed by atoms with Gasteiger partial charge < -0.3 is 15.0 Å². The lowest BCUT2D eigenvalue weighted by molar-refractivity contribution is -0.0765. The SMILES string of the molecule is Cc1ncc(CN2CCC3(CCC(CNC(=O)c4ccccc4)O3)CC2)[nH]1. The molecule has 1 aromatic carbocycles.